The number of carbonyl (C=O) groups is 1. The number of likely N-dealkylation sites (tertiary alicyclic amines) is 1. The van der Waals surface area contributed by atoms with Crippen molar-refractivity contribution in [2.24, 2.45) is 0 Å². The number of thiazole rings is 1. The van der Waals surface area contributed by atoms with Crippen LogP contribution in [0.25, 0.3) is 0 Å². The van der Waals surface area contributed by atoms with Crippen LogP contribution < -0.4 is 5.32 Å². The van der Waals surface area contributed by atoms with Gasteiger partial charge in [-0.1, -0.05) is 0 Å². The number of rotatable bonds is 5. The second-order valence-corrected chi connectivity index (χ2v) is 4.68. The summed E-state index contributed by atoms with van der Waals surface area (Å²) in [5, 5.41) is 14.1. The van der Waals surface area contributed by atoms with Crippen molar-refractivity contribution in [3.05, 3.63) is 11.1 Å². The summed E-state index contributed by atoms with van der Waals surface area (Å²) in [5.41, 5.74) is 0.119. The molecule has 1 aliphatic heterocycles. The number of carboxylic acid groups (broad SMARTS) is 1. The molecule has 2 rings (SSSR count). The fraction of sp³-hybridized carbons (Fsp3) is 0.600. The van der Waals surface area contributed by atoms with Crippen LogP contribution in [0.3, 0.4) is 0 Å². The van der Waals surface area contributed by atoms with Crippen LogP contribution >= 0.6 is 11.3 Å². The van der Waals surface area contributed by atoms with Crippen molar-refractivity contribution < 1.29 is 9.90 Å². The Bertz CT molecular complexity index is 361. The van der Waals surface area contributed by atoms with Gasteiger partial charge < -0.3 is 15.3 Å². The first-order valence-corrected chi connectivity index (χ1v) is 6.29. The molecule has 0 atom stereocenters. The number of nitrogens with zero attached hydrogens (tertiary/aromatic N) is 2. The third-order valence-electron chi connectivity index (χ3n) is 2.63. The van der Waals surface area contributed by atoms with Gasteiger partial charge in [0.2, 0.25) is 0 Å². The maximum absolute atomic E-state index is 10.6. The molecule has 6 heteroatoms. The van der Waals surface area contributed by atoms with Gasteiger partial charge in [-0.15, -0.1) is 11.3 Å². The number of nitrogens with one attached hydrogen (secondary N) is 1. The Morgan fingerprint density at radius 1 is 1.56 bits per heavy atom. The van der Waals surface area contributed by atoms with Crippen molar-refractivity contribution in [1.82, 2.24) is 9.88 Å². The van der Waals surface area contributed by atoms with Gasteiger partial charge in [0.25, 0.3) is 0 Å². The van der Waals surface area contributed by atoms with Crippen molar-refractivity contribution in [3.8, 4) is 0 Å². The number of aromatic carboxylic acids is 1. The first kappa shape index (κ1) is 11.3. The van der Waals surface area contributed by atoms with E-state index in [1.807, 2.05) is 0 Å². The zero-order valence-electron chi connectivity index (χ0n) is 8.98. The Kier molecular flexibility index (Phi) is 3.74. The monoisotopic (exact) mass is 241 g/mol. The van der Waals surface area contributed by atoms with Crippen molar-refractivity contribution in [2.45, 2.75) is 12.8 Å². The molecule has 0 radical (unpaired) electrons. The van der Waals surface area contributed by atoms with E-state index in [0.717, 1.165) is 13.1 Å². The molecule has 2 heterocycles. The van der Waals surface area contributed by atoms with Crippen LogP contribution in [0.2, 0.25) is 0 Å². The second-order valence-electron chi connectivity index (χ2n) is 3.82. The van der Waals surface area contributed by atoms with E-state index in [4.69, 9.17) is 5.11 Å². The van der Waals surface area contributed by atoms with E-state index in [-0.39, 0.29) is 5.69 Å². The van der Waals surface area contributed by atoms with Crippen LogP contribution in [-0.2, 0) is 0 Å². The maximum Gasteiger partial charge on any atom is 0.355 e. The predicted octanol–water partition coefficient (Wildman–Crippen LogP) is 1.35. The van der Waals surface area contributed by atoms with Gasteiger partial charge in [-0.3, -0.25) is 0 Å². The number of aromatic nitrogens is 1. The minimum absolute atomic E-state index is 0.119. The molecular weight excluding hydrogens is 226 g/mol. The highest BCUT2D eigenvalue weighted by Crippen LogP contribution is 2.15. The molecule has 0 unspecified atom stereocenters. The molecule has 88 valence electrons. The fourth-order valence-electron chi connectivity index (χ4n) is 1.78. The van der Waals surface area contributed by atoms with Crippen LogP contribution in [0.5, 0.6) is 0 Å². The summed E-state index contributed by atoms with van der Waals surface area (Å²) >= 11 is 1.34. The Morgan fingerprint density at radius 2 is 2.31 bits per heavy atom. The lowest BCUT2D eigenvalue weighted by atomic mass is 10.4. The van der Waals surface area contributed by atoms with Crippen LogP contribution in [0.1, 0.15) is 23.3 Å². The molecule has 1 fully saturated rings. The van der Waals surface area contributed by atoms with E-state index in [1.165, 1.54) is 37.3 Å². The normalized spacial score (nSPS) is 16.5. The summed E-state index contributed by atoms with van der Waals surface area (Å²) < 4.78 is 0. The minimum Gasteiger partial charge on any atom is -0.476 e. The topological polar surface area (TPSA) is 65.5 Å². The highest BCUT2D eigenvalue weighted by atomic mass is 32.1. The first-order chi connectivity index (χ1) is 7.75. The van der Waals surface area contributed by atoms with Gasteiger partial charge in [0, 0.05) is 18.5 Å². The number of hydrogen-bond donors (Lipinski definition) is 2. The predicted molar refractivity (Wildman–Crippen MR) is 63.2 cm³/mol. The molecular formula is C10H15N3O2S. The molecule has 1 aliphatic rings. The average Bonchev–Trinajstić information content (AvgIpc) is 2.87. The Balaban J connectivity index is 1.74. The largest absolute Gasteiger partial charge is 0.476 e. The maximum atomic E-state index is 10.6. The average molecular weight is 241 g/mol. The minimum atomic E-state index is -0.969. The lowest BCUT2D eigenvalue weighted by Crippen LogP contribution is -2.25. The van der Waals surface area contributed by atoms with Gasteiger partial charge in [0.15, 0.2) is 10.8 Å². The molecule has 1 saturated heterocycles. The third kappa shape index (κ3) is 2.93. The van der Waals surface area contributed by atoms with E-state index >= 15 is 0 Å². The molecule has 0 amide bonds. The van der Waals surface area contributed by atoms with E-state index in [9.17, 15) is 4.79 Å². The summed E-state index contributed by atoms with van der Waals surface area (Å²) in [5.74, 6) is -0.969. The first-order valence-electron chi connectivity index (χ1n) is 5.41. The van der Waals surface area contributed by atoms with Crippen LogP contribution in [0.15, 0.2) is 5.38 Å². The van der Waals surface area contributed by atoms with Crippen LogP contribution in [0, 0.1) is 0 Å². The van der Waals surface area contributed by atoms with Crippen LogP contribution in [0.4, 0.5) is 5.13 Å². The highest BCUT2D eigenvalue weighted by molar-refractivity contribution is 7.13. The zero-order chi connectivity index (χ0) is 11.4. The number of anilines is 1. The molecule has 1 aromatic rings. The summed E-state index contributed by atoms with van der Waals surface area (Å²) in [6.07, 6.45) is 2.58. The van der Waals surface area contributed by atoms with Crippen molar-refractivity contribution >= 4 is 22.4 Å². The van der Waals surface area contributed by atoms with Crippen molar-refractivity contribution in [1.29, 1.82) is 0 Å². The highest BCUT2D eigenvalue weighted by Gasteiger charge is 2.11. The summed E-state index contributed by atoms with van der Waals surface area (Å²) in [6.45, 7) is 4.19. The summed E-state index contributed by atoms with van der Waals surface area (Å²) in [6, 6.07) is 0. The quantitative estimate of drug-likeness (QED) is 0.814. The van der Waals surface area contributed by atoms with Gasteiger partial charge in [-0.2, -0.15) is 0 Å². The molecule has 5 nitrogen and oxygen atoms in total. The summed E-state index contributed by atoms with van der Waals surface area (Å²) in [7, 11) is 0. The van der Waals surface area contributed by atoms with Crippen molar-refractivity contribution in [2.75, 3.05) is 31.5 Å². The fourth-order valence-corrected chi connectivity index (χ4v) is 2.49. The van der Waals surface area contributed by atoms with Crippen LogP contribution in [-0.4, -0.2) is 47.1 Å². The molecule has 1 aromatic heterocycles. The standard InChI is InChI=1S/C10H15N3O2S/c14-9(15)8-7-16-10(12-8)11-3-6-13-4-1-2-5-13/h7H,1-6H2,(H,11,12)(H,14,15). The van der Waals surface area contributed by atoms with E-state index in [2.05, 4.69) is 15.2 Å². The molecule has 0 aromatic carbocycles. The van der Waals surface area contributed by atoms with Crippen molar-refractivity contribution in [3.63, 3.8) is 0 Å². The summed E-state index contributed by atoms with van der Waals surface area (Å²) in [4.78, 5) is 17.0. The van der Waals surface area contributed by atoms with Gasteiger partial charge in [0.05, 0.1) is 0 Å². The molecule has 16 heavy (non-hydrogen) atoms. The molecule has 0 spiro atoms. The van der Waals surface area contributed by atoms with E-state index < -0.39 is 5.97 Å². The third-order valence-corrected chi connectivity index (χ3v) is 3.43. The Morgan fingerprint density at radius 3 is 2.94 bits per heavy atom. The smallest absolute Gasteiger partial charge is 0.355 e. The van der Waals surface area contributed by atoms with Gasteiger partial charge in [0.1, 0.15) is 0 Å². The van der Waals surface area contributed by atoms with Gasteiger partial charge >= 0.3 is 5.97 Å². The number of hydrogen-bond acceptors (Lipinski definition) is 5. The molecule has 0 saturated carbocycles. The molecule has 2 N–H and O–H groups in total. The molecule has 0 bridgehead atoms. The lowest BCUT2D eigenvalue weighted by Gasteiger charge is -2.13. The number of carboxylic acids is 1. The van der Waals surface area contributed by atoms with Gasteiger partial charge in [-0.25, -0.2) is 9.78 Å². The SMILES string of the molecule is O=C(O)c1csc(NCCN2CCCC2)n1. The van der Waals surface area contributed by atoms with E-state index in [0.29, 0.717) is 5.13 Å². The zero-order valence-corrected chi connectivity index (χ0v) is 9.79. The van der Waals surface area contributed by atoms with Gasteiger partial charge in [-0.05, 0) is 25.9 Å². The Labute approximate surface area is 98.1 Å². The Hall–Kier alpha value is -1.14. The van der Waals surface area contributed by atoms with E-state index in [1.54, 1.807) is 5.38 Å². The second kappa shape index (κ2) is 5.27. The molecule has 0 aliphatic carbocycles. The lowest BCUT2D eigenvalue weighted by molar-refractivity contribution is 0.0691.